The van der Waals surface area contributed by atoms with Gasteiger partial charge >= 0.3 is 0 Å². The van der Waals surface area contributed by atoms with Crippen molar-refractivity contribution >= 4 is 37.3 Å². The van der Waals surface area contributed by atoms with Crippen LogP contribution in [-0.4, -0.2) is 51.5 Å². The van der Waals surface area contributed by atoms with E-state index < -0.39 is 20.0 Å². The van der Waals surface area contributed by atoms with Gasteiger partial charge in [0.15, 0.2) is 5.76 Å². The van der Waals surface area contributed by atoms with Crippen molar-refractivity contribution in [1.82, 2.24) is 9.46 Å². The average Bonchev–Trinajstić information content (AvgIpc) is 3.02. The molecule has 1 aromatic heterocycles. The molecule has 1 amide bonds. The maximum Gasteiger partial charge on any atom is 0.248 e. The van der Waals surface area contributed by atoms with Crippen molar-refractivity contribution < 1.29 is 26.2 Å². The van der Waals surface area contributed by atoms with E-state index >= 15 is 0 Å². The van der Waals surface area contributed by atoms with Crippen molar-refractivity contribution in [3.05, 3.63) is 35.2 Å². The summed E-state index contributed by atoms with van der Waals surface area (Å²) >= 11 is 0. The topological polar surface area (TPSA) is 139 Å². The predicted octanol–water partition coefficient (Wildman–Crippen LogP) is 2.01. The second-order valence-electron chi connectivity index (χ2n) is 7.72. The summed E-state index contributed by atoms with van der Waals surface area (Å²) in [6.07, 6.45) is 1.80. The van der Waals surface area contributed by atoms with E-state index in [1.165, 1.54) is 4.31 Å². The van der Waals surface area contributed by atoms with Crippen LogP contribution in [0.3, 0.4) is 0 Å². The number of hydrogen-bond donors (Lipinski definition) is 2. The SMILES string of the molecule is Cc1ccc(NC(=O)C2CCN(S(=O)(=O)c3c(C)noc3C)CC2)cc1NS(C)(=O)=O. The molecule has 0 aliphatic carbocycles. The van der Waals surface area contributed by atoms with E-state index in [1.54, 1.807) is 39.0 Å². The van der Waals surface area contributed by atoms with Gasteiger partial charge in [-0.25, -0.2) is 16.8 Å². The molecule has 2 heterocycles. The van der Waals surface area contributed by atoms with Crippen molar-refractivity contribution in [3.8, 4) is 0 Å². The van der Waals surface area contributed by atoms with Crippen LogP contribution in [-0.2, 0) is 24.8 Å². The molecule has 0 atom stereocenters. The first-order chi connectivity index (χ1) is 14.4. The molecule has 12 heteroatoms. The van der Waals surface area contributed by atoms with Crippen LogP contribution in [0.15, 0.2) is 27.6 Å². The first-order valence-corrected chi connectivity index (χ1v) is 13.0. The smallest absolute Gasteiger partial charge is 0.248 e. The van der Waals surface area contributed by atoms with E-state index in [-0.39, 0.29) is 35.6 Å². The number of carbonyl (C=O) groups is 1. The van der Waals surface area contributed by atoms with Gasteiger partial charge in [-0.15, -0.1) is 0 Å². The van der Waals surface area contributed by atoms with E-state index in [1.807, 2.05) is 0 Å². The van der Waals surface area contributed by atoms with Gasteiger partial charge in [0.25, 0.3) is 0 Å². The summed E-state index contributed by atoms with van der Waals surface area (Å²) < 4.78 is 57.6. The molecule has 0 radical (unpaired) electrons. The molecule has 170 valence electrons. The van der Waals surface area contributed by atoms with Crippen molar-refractivity contribution in [2.45, 2.75) is 38.5 Å². The zero-order valence-electron chi connectivity index (χ0n) is 17.8. The minimum absolute atomic E-state index is 0.0842. The molecule has 0 spiro atoms. The highest BCUT2D eigenvalue weighted by atomic mass is 32.2. The molecule has 1 saturated heterocycles. The van der Waals surface area contributed by atoms with E-state index in [9.17, 15) is 21.6 Å². The number of piperidine rings is 1. The summed E-state index contributed by atoms with van der Waals surface area (Å²) in [4.78, 5) is 12.8. The quantitative estimate of drug-likeness (QED) is 0.658. The number of hydrogen-bond acceptors (Lipinski definition) is 7. The van der Waals surface area contributed by atoms with Crippen molar-refractivity contribution in [3.63, 3.8) is 0 Å². The maximum absolute atomic E-state index is 12.9. The summed E-state index contributed by atoms with van der Waals surface area (Å²) in [5, 5.41) is 6.51. The lowest BCUT2D eigenvalue weighted by Gasteiger charge is -2.30. The molecule has 1 aliphatic rings. The van der Waals surface area contributed by atoms with Crippen LogP contribution in [0.4, 0.5) is 11.4 Å². The van der Waals surface area contributed by atoms with Crippen LogP contribution in [0.1, 0.15) is 29.9 Å². The minimum atomic E-state index is -3.74. The Bertz CT molecular complexity index is 1180. The van der Waals surface area contributed by atoms with Gasteiger partial charge in [-0.1, -0.05) is 11.2 Å². The zero-order valence-corrected chi connectivity index (χ0v) is 19.4. The lowest BCUT2D eigenvalue weighted by molar-refractivity contribution is -0.120. The fourth-order valence-corrected chi connectivity index (χ4v) is 5.96. The molecular weight excluding hydrogens is 444 g/mol. The summed E-state index contributed by atoms with van der Waals surface area (Å²) in [7, 11) is -7.18. The highest BCUT2D eigenvalue weighted by Gasteiger charge is 2.35. The van der Waals surface area contributed by atoms with E-state index in [0.717, 1.165) is 11.8 Å². The van der Waals surface area contributed by atoms with Crippen LogP contribution < -0.4 is 10.0 Å². The molecule has 10 nitrogen and oxygen atoms in total. The van der Waals surface area contributed by atoms with Crippen molar-refractivity contribution in [2.24, 2.45) is 5.92 Å². The second kappa shape index (κ2) is 8.60. The molecule has 1 aromatic carbocycles. The van der Waals surface area contributed by atoms with Crippen molar-refractivity contribution in [2.75, 3.05) is 29.4 Å². The Kier molecular flexibility index (Phi) is 6.44. The normalized spacial score (nSPS) is 16.3. The van der Waals surface area contributed by atoms with E-state index in [4.69, 9.17) is 4.52 Å². The minimum Gasteiger partial charge on any atom is -0.360 e. The first kappa shape index (κ1) is 23.2. The molecule has 31 heavy (non-hydrogen) atoms. The Morgan fingerprint density at radius 1 is 1.13 bits per heavy atom. The number of rotatable bonds is 6. The monoisotopic (exact) mass is 470 g/mol. The van der Waals surface area contributed by atoms with Crippen LogP contribution >= 0.6 is 0 Å². The molecule has 3 rings (SSSR count). The van der Waals surface area contributed by atoms with Crippen LogP contribution in [0.2, 0.25) is 0 Å². The Morgan fingerprint density at radius 2 is 1.77 bits per heavy atom. The number of aromatic nitrogens is 1. The van der Waals surface area contributed by atoms with Crippen molar-refractivity contribution in [1.29, 1.82) is 0 Å². The van der Waals surface area contributed by atoms with E-state index in [0.29, 0.717) is 29.9 Å². The molecule has 0 saturated carbocycles. The molecule has 2 aromatic rings. The largest absolute Gasteiger partial charge is 0.360 e. The first-order valence-electron chi connectivity index (χ1n) is 9.71. The number of sulfonamides is 2. The van der Waals surface area contributed by atoms with E-state index in [2.05, 4.69) is 15.2 Å². The lowest BCUT2D eigenvalue weighted by Crippen LogP contribution is -2.41. The lowest BCUT2D eigenvalue weighted by atomic mass is 9.97. The van der Waals surface area contributed by atoms with Gasteiger partial charge in [0.2, 0.25) is 26.0 Å². The van der Waals surface area contributed by atoms with Gasteiger partial charge in [0.1, 0.15) is 10.6 Å². The third-order valence-corrected chi connectivity index (χ3v) is 7.93. The molecule has 2 N–H and O–H groups in total. The number of nitrogens with one attached hydrogen (secondary N) is 2. The summed E-state index contributed by atoms with van der Waals surface area (Å²) in [5.74, 6) is -0.345. The Morgan fingerprint density at radius 3 is 2.32 bits per heavy atom. The number of amides is 1. The van der Waals surface area contributed by atoms with Gasteiger partial charge in [-0.2, -0.15) is 4.31 Å². The third kappa shape index (κ3) is 5.25. The molecule has 0 bridgehead atoms. The van der Waals surface area contributed by atoms with Crippen LogP contribution in [0, 0.1) is 26.7 Å². The van der Waals surface area contributed by atoms with Crippen LogP contribution in [0.5, 0.6) is 0 Å². The molecule has 0 unspecified atom stereocenters. The molecular formula is C19H26N4O6S2. The molecule has 1 fully saturated rings. The van der Waals surface area contributed by atoms with Gasteiger partial charge < -0.3 is 9.84 Å². The highest BCUT2D eigenvalue weighted by molar-refractivity contribution is 7.92. The fourth-order valence-electron chi connectivity index (χ4n) is 3.58. The molecule has 1 aliphatic heterocycles. The fraction of sp³-hybridized carbons (Fsp3) is 0.474. The van der Waals surface area contributed by atoms with Gasteiger partial charge in [-0.3, -0.25) is 9.52 Å². The number of aryl methyl sites for hydroxylation is 3. The Labute approximate surface area is 182 Å². The highest BCUT2D eigenvalue weighted by Crippen LogP contribution is 2.28. The van der Waals surface area contributed by atoms with Gasteiger partial charge in [-0.05, 0) is 51.3 Å². The van der Waals surface area contributed by atoms with Crippen LogP contribution in [0.25, 0.3) is 0 Å². The third-order valence-electron chi connectivity index (χ3n) is 5.19. The zero-order chi connectivity index (χ0) is 23.0. The average molecular weight is 471 g/mol. The summed E-state index contributed by atoms with van der Waals surface area (Å²) in [5.41, 5.74) is 1.89. The Hall–Kier alpha value is -2.44. The number of nitrogens with zero attached hydrogens (tertiary/aromatic N) is 2. The van der Waals surface area contributed by atoms with Gasteiger partial charge in [0.05, 0.1) is 11.9 Å². The predicted molar refractivity (Wildman–Crippen MR) is 116 cm³/mol. The summed E-state index contributed by atoms with van der Waals surface area (Å²) in [6.45, 7) is 5.31. The number of anilines is 2. The maximum atomic E-state index is 12.9. The number of carbonyl (C=O) groups excluding carboxylic acids is 1. The second-order valence-corrected chi connectivity index (χ2v) is 11.3. The number of benzene rings is 1. The standard InChI is InChI=1S/C19H26N4O6S2/c1-12-5-6-16(11-17(12)22-30(4,25)26)20-19(24)15-7-9-23(10-8-15)31(27,28)18-13(2)21-29-14(18)3/h5-6,11,15,22H,7-10H2,1-4H3,(H,20,24). The van der Waals surface area contributed by atoms with Gasteiger partial charge in [0, 0.05) is 24.7 Å². The summed E-state index contributed by atoms with van der Waals surface area (Å²) in [6, 6.07) is 4.96. The Balaban J connectivity index is 1.65.